The molecule has 1 aliphatic heterocycles. The molecule has 0 spiro atoms. The van der Waals surface area contributed by atoms with Crippen molar-refractivity contribution >= 4 is 17.4 Å². The summed E-state index contributed by atoms with van der Waals surface area (Å²) in [5, 5.41) is 0.792. The van der Waals surface area contributed by atoms with Crippen molar-refractivity contribution in [2.24, 2.45) is 11.8 Å². The van der Waals surface area contributed by atoms with Crippen molar-refractivity contribution in [3.63, 3.8) is 0 Å². The largest absolute Gasteiger partial charge is 0.302 e. The van der Waals surface area contributed by atoms with Gasteiger partial charge in [-0.1, -0.05) is 23.7 Å². The summed E-state index contributed by atoms with van der Waals surface area (Å²) >= 11 is 5.88. The first kappa shape index (κ1) is 12.2. The number of carbonyl (C=O) groups is 1. The molecule has 0 aromatic heterocycles. The zero-order chi connectivity index (χ0) is 12.5. The highest BCUT2D eigenvalue weighted by Crippen LogP contribution is 2.33. The Morgan fingerprint density at radius 1 is 1.11 bits per heavy atom. The lowest BCUT2D eigenvalue weighted by Crippen LogP contribution is -2.42. The van der Waals surface area contributed by atoms with Crippen molar-refractivity contribution < 1.29 is 4.79 Å². The number of ketones is 1. The van der Waals surface area contributed by atoms with Gasteiger partial charge >= 0.3 is 0 Å². The normalized spacial score (nSPS) is 27.7. The molecule has 1 saturated heterocycles. The number of hydrogen-bond donors (Lipinski definition) is 0. The molecule has 1 aliphatic carbocycles. The third kappa shape index (κ3) is 2.45. The van der Waals surface area contributed by atoms with Gasteiger partial charge in [-0.15, -0.1) is 0 Å². The van der Waals surface area contributed by atoms with Crippen LogP contribution < -0.4 is 0 Å². The minimum absolute atomic E-state index is 0.328. The van der Waals surface area contributed by atoms with E-state index in [9.17, 15) is 4.79 Å². The van der Waals surface area contributed by atoms with Gasteiger partial charge in [-0.25, -0.2) is 0 Å². The lowest BCUT2D eigenvalue weighted by atomic mass is 9.97. The molecule has 1 heterocycles. The van der Waals surface area contributed by atoms with E-state index in [-0.39, 0.29) is 0 Å². The van der Waals surface area contributed by atoms with Crippen LogP contribution in [0.15, 0.2) is 24.3 Å². The van der Waals surface area contributed by atoms with Crippen LogP contribution in [-0.4, -0.2) is 30.3 Å². The molecule has 2 nitrogen and oxygen atoms in total. The zero-order valence-electron chi connectivity index (χ0n) is 10.4. The minimum atomic E-state index is 0.328. The molecule has 2 bridgehead atoms. The second-order valence-corrected chi connectivity index (χ2v) is 5.95. The van der Waals surface area contributed by atoms with Crippen LogP contribution in [0, 0.1) is 11.8 Å². The molecule has 2 fully saturated rings. The van der Waals surface area contributed by atoms with E-state index in [0.717, 1.165) is 43.9 Å². The molecule has 0 amide bonds. The predicted octanol–water partition coefficient (Wildman–Crippen LogP) is 2.79. The van der Waals surface area contributed by atoms with Crippen LogP contribution in [-0.2, 0) is 11.2 Å². The van der Waals surface area contributed by atoms with Crippen LogP contribution in [0.3, 0.4) is 0 Å². The van der Waals surface area contributed by atoms with E-state index in [1.165, 1.54) is 5.56 Å². The first-order chi connectivity index (χ1) is 8.72. The molecule has 1 aromatic carbocycles. The summed E-state index contributed by atoms with van der Waals surface area (Å²) < 4.78 is 0. The zero-order valence-corrected chi connectivity index (χ0v) is 11.2. The molecule has 2 atom stereocenters. The monoisotopic (exact) mass is 263 g/mol. The molecule has 0 N–H and O–H groups in total. The SMILES string of the molecule is O=C1C2CCC1CN(CCc1ccc(Cl)cc1)C2. The molecule has 3 heteroatoms. The molecule has 18 heavy (non-hydrogen) atoms. The third-order valence-electron chi connectivity index (χ3n) is 4.26. The molecule has 0 radical (unpaired) electrons. The van der Waals surface area contributed by atoms with Gasteiger partial charge in [0.2, 0.25) is 0 Å². The Bertz CT molecular complexity index is 426. The highest BCUT2D eigenvalue weighted by atomic mass is 35.5. The van der Waals surface area contributed by atoms with Gasteiger partial charge in [0.15, 0.2) is 0 Å². The maximum absolute atomic E-state index is 11.8. The van der Waals surface area contributed by atoms with Gasteiger partial charge in [-0.05, 0) is 37.0 Å². The van der Waals surface area contributed by atoms with Gasteiger partial charge in [-0.2, -0.15) is 0 Å². The summed E-state index contributed by atoms with van der Waals surface area (Å²) in [6, 6.07) is 8.07. The Kier molecular flexibility index (Phi) is 3.40. The van der Waals surface area contributed by atoms with Crippen molar-refractivity contribution in [2.75, 3.05) is 19.6 Å². The quantitative estimate of drug-likeness (QED) is 0.836. The van der Waals surface area contributed by atoms with Crippen LogP contribution in [0.25, 0.3) is 0 Å². The van der Waals surface area contributed by atoms with Gasteiger partial charge < -0.3 is 4.90 Å². The second kappa shape index (κ2) is 5.02. The molecule has 96 valence electrons. The van der Waals surface area contributed by atoms with Crippen LogP contribution in [0.5, 0.6) is 0 Å². The van der Waals surface area contributed by atoms with Crippen LogP contribution >= 0.6 is 11.6 Å². The average molecular weight is 264 g/mol. The third-order valence-corrected chi connectivity index (χ3v) is 4.51. The van der Waals surface area contributed by atoms with E-state index >= 15 is 0 Å². The van der Waals surface area contributed by atoms with Crippen molar-refractivity contribution in [3.8, 4) is 0 Å². The molecular formula is C15H18ClNO. The lowest BCUT2D eigenvalue weighted by Gasteiger charge is -2.30. The van der Waals surface area contributed by atoms with E-state index < -0.39 is 0 Å². The van der Waals surface area contributed by atoms with Crippen LogP contribution in [0.2, 0.25) is 5.02 Å². The first-order valence-electron chi connectivity index (χ1n) is 6.73. The standard InChI is InChI=1S/C15H18ClNO/c16-14-5-1-11(2-6-14)7-8-17-9-12-3-4-13(10-17)15(12)18/h1-2,5-6,12-13H,3-4,7-10H2. The fourth-order valence-electron chi connectivity index (χ4n) is 3.20. The average Bonchev–Trinajstić information content (AvgIpc) is 2.62. The topological polar surface area (TPSA) is 20.3 Å². The smallest absolute Gasteiger partial charge is 0.141 e. The van der Waals surface area contributed by atoms with Crippen LogP contribution in [0.1, 0.15) is 18.4 Å². The molecule has 3 rings (SSSR count). The number of halogens is 1. The highest BCUT2D eigenvalue weighted by Gasteiger charge is 2.40. The number of fused-ring (bicyclic) bond motifs is 2. The van der Waals surface area contributed by atoms with Crippen molar-refractivity contribution in [2.45, 2.75) is 19.3 Å². The molecule has 1 saturated carbocycles. The second-order valence-electron chi connectivity index (χ2n) is 5.51. The maximum atomic E-state index is 11.8. The van der Waals surface area contributed by atoms with Gasteiger partial charge in [-0.3, -0.25) is 4.79 Å². The van der Waals surface area contributed by atoms with E-state index in [4.69, 9.17) is 11.6 Å². The Morgan fingerprint density at radius 3 is 2.33 bits per heavy atom. The number of likely N-dealkylation sites (tertiary alicyclic amines) is 1. The highest BCUT2D eigenvalue weighted by molar-refractivity contribution is 6.30. The summed E-state index contributed by atoms with van der Waals surface area (Å²) in [5.74, 6) is 1.18. The fraction of sp³-hybridized carbons (Fsp3) is 0.533. The summed E-state index contributed by atoms with van der Waals surface area (Å²) in [5.41, 5.74) is 1.32. The van der Waals surface area contributed by atoms with Crippen molar-refractivity contribution in [1.29, 1.82) is 0 Å². The summed E-state index contributed by atoms with van der Waals surface area (Å²) in [4.78, 5) is 14.3. The minimum Gasteiger partial charge on any atom is -0.302 e. The Morgan fingerprint density at radius 2 is 1.72 bits per heavy atom. The number of nitrogens with zero attached hydrogens (tertiary/aromatic N) is 1. The van der Waals surface area contributed by atoms with E-state index in [1.54, 1.807) is 0 Å². The molecular weight excluding hydrogens is 246 g/mol. The van der Waals surface area contributed by atoms with Crippen molar-refractivity contribution in [1.82, 2.24) is 4.90 Å². The molecule has 2 aliphatic rings. The lowest BCUT2D eigenvalue weighted by molar-refractivity contribution is -0.127. The van der Waals surface area contributed by atoms with Gasteiger partial charge in [0.1, 0.15) is 5.78 Å². The van der Waals surface area contributed by atoms with Gasteiger partial charge in [0.05, 0.1) is 0 Å². The van der Waals surface area contributed by atoms with Crippen LogP contribution in [0.4, 0.5) is 0 Å². The first-order valence-corrected chi connectivity index (χ1v) is 7.11. The molecule has 1 aromatic rings. The number of carbonyl (C=O) groups excluding carboxylic acids is 1. The van der Waals surface area contributed by atoms with Gasteiger partial charge in [0, 0.05) is 36.5 Å². The summed E-state index contributed by atoms with van der Waals surface area (Å²) in [6.07, 6.45) is 3.27. The number of piperidine rings is 1. The number of rotatable bonds is 3. The number of hydrogen-bond acceptors (Lipinski definition) is 2. The van der Waals surface area contributed by atoms with E-state index in [0.29, 0.717) is 17.6 Å². The summed E-state index contributed by atoms with van der Waals surface area (Å²) in [6.45, 7) is 3.01. The Hall–Kier alpha value is -0.860. The fourth-order valence-corrected chi connectivity index (χ4v) is 3.33. The maximum Gasteiger partial charge on any atom is 0.141 e. The molecule has 2 unspecified atom stereocenters. The Balaban J connectivity index is 1.55. The van der Waals surface area contributed by atoms with Crippen molar-refractivity contribution in [3.05, 3.63) is 34.9 Å². The number of benzene rings is 1. The van der Waals surface area contributed by atoms with Gasteiger partial charge in [0.25, 0.3) is 0 Å². The van der Waals surface area contributed by atoms with E-state index in [1.807, 2.05) is 12.1 Å². The van der Waals surface area contributed by atoms with E-state index in [2.05, 4.69) is 17.0 Å². The predicted molar refractivity (Wildman–Crippen MR) is 72.8 cm³/mol. The summed E-state index contributed by atoms with van der Waals surface area (Å²) in [7, 11) is 0. The number of Topliss-reactive ketones (excluding diaryl/α,β-unsaturated/α-hetero) is 1. The Labute approximate surface area is 113 Å².